The van der Waals surface area contributed by atoms with Crippen LogP contribution in [0.25, 0.3) is 0 Å². The maximum atomic E-state index is 11.9. The topological polar surface area (TPSA) is 93.8 Å². The van der Waals surface area contributed by atoms with Crippen molar-refractivity contribution >= 4 is 17.7 Å². The zero-order chi connectivity index (χ0) is 14.3. The molecule has 1 saturated heterocycles. The Hall–Kier alpha value is -1.67. The van der Waals surface area contributed by atoms with E-state index in [-0.39, 0.29) is 30.8 Å². The van der Waals surface area contributed by atoms with Crippen molar-refractivity contribution in [1.29, 1.82) is 0 Å². The Morgan fingerprint density at radius 3 is 2.37 bits per heavy atom. The molecule has 0 atom stereocenters. The lowest BCUT2D eigenvalue weighted by atomic mass is 10.3. The van der Waals surface area contributed by atoms with Gasteiger partial charge in [0.05, 0.1) is 13.1 Å². The summed E-state index contributed by atoms with van der Waals surface area (Å²) in [6.07, 6.45) is 0. The first kappa shape index (κ1) is 15.4. The van der Waals surface area contributed by atoms with Crippen molar-refractivity contribution in [1.82, 2.24) is 26.0 Å². The lowest BCUT2D eigenvalue weighted by molar-refractivity contribution is -0.134. The molecule has 1 aliphatic rings. The molecule has 1 rings (SSSR count). The Kier molecular flexibility index (Phi) is 6.23. The lowest BCUT2D eigenvalue weighted by Gasteiger charge is -2.29. The molecule has 0 saturated carbocycles. The van der Waals surface area contributed by atoms with E-state index in [0.29, 0.717) is 13.1 Å². The molecule has 0 unspecified atom stereocenters. The minimum atomic E-state index is -0.356. The minimum Gasteiger partial charge on any atom is -0.339 e. The SMILES string of the molecule is CC(=O)NNC(=O)CN(C)CC(=O)N1CCNCC1. The highest BCUT2D eigenvalue weighted by molar-refractivity contribution is 5.83. The Balaban J connectivity index is 2.25. The van der Waals surface area contributed by atoms with Gasteiger partial charge in [-0.25, -0.2) is 0 Å². The highest BCUT2D eigenvalue weighted by atomic mass is 16.2. The zero-order valence-electron chi connectivity index (χ0n) is 11.4. The highest BCUT2D eigenvalue weighted by Gasteiger charge is 2.18. The monoisotopic (exact) mass is 271 g/mol. The Morgan fingerprint density at radius 1 is 1.16 bits per heavy atom. The molecule has 3 N–H and O–H groups in total. The third kappa shape index (κ3) is 6.16. The second kappa shape index (κ2) is 7.70. The number of nitrogens with one attached hydrogen (secondary N) is 3. The van der Waals surface area contributed by atoms with Gasteiger partial charge >= 0.3 is 0 Å². The smallest absolute Gasteiger partial charge is 0.252 e. The van der Waals surface area contributed by atoms with Crippen LogP contribution in [-0.2, 0) is 14.4 Å². The first-order valence-corrected chi connectivity index (χ1v) is 6.21. The van der Waals surface area contributed by atoms with Gasteiger partial charge in [-0.05, 0) is 7.05 Å². The molecule has 3 amide bonds. The first-order chi connectivity index (χ1) is 8.99. The summed E-state index contributed by atoms with van der Waals surface area (Å²) in [4.78, 5) is 37.3. The third-order valence-corrected chi connectivity index (χ3v) is 2.67. The molecule has 8 nitrogen and oxygen atoms in total. The number of hydrogen-bond donors (Lipinski definition) is 3. The molecule has 1 aliphatic heterocycles. The molecule has 19 heavy (non-hydrogen) atoms. The number of rotatable bonds is 4. The maximum absolute atomic E-state index is 11.9. The Bertz CT molecular complexity index is 341. The number of carbonyl (C=O) groups is 3. The fourth-order valence-corrected chi connectivity index (χ4v) is 1.74. The van der Waals surface area contributed by atoms with Gasteiger partial charge < -0.3 is 10.2 Å². The molecule has 0 spiro atoms. The van der Waals surface area contributed by atoms with Gasteiger partial charge in [0, 0.05) is 33.1 Å². The van der Waals surface area contributed by atoms with Gasteiger partial charge in [0.1, 0.15) is 0 Å². The maximum Gasteiger partial charge on any atom is 0.252 e. The fraction of sp³-hybridized carbons (Fsp3) is 0.727. The van der Waals surface area contributed by atoms with Crippen LogP contribution >= 0.6 is 0 Å². The van der Waals surface area contributed by atoms with E-state index in [1.54, 1.807) is 16.8 Å². The summed E-state index contributed by atoms with van der Waals surface area (Å²) in [5.41, 5.74) is 4.45. The molecule has 1 fully saturated rings. The van der Waals surface area contributed by atoms with Crippen LogP contribution in [0.1, 0.15) is 6.92 Å². The van der Waals surface area contributed by atoms with Gasteiger partial charge in [-0.2, -0.15) is 0 Å². The number of amides is 3. The molecular weight excluding hydrogens is 250 g/mol. The van der Waals surface area contributed by atoms with E-state index < -0.39 is 0 Å². The third-order valence-electron chi connectivity index (χ3n) is 2.67. The second-order valence-electron chi connectivity index (χ2n) is 4.53. The summed E-state index contributed by atoms with van der Waals surface area (Å²) in [5.74, 6) is -0.685. The molecule has 0 aromatic carbocycles. The average molecular weight is 271 g/mol. The summed E-state index contributed by atoms with van der Waals surface area (Å²) in [6, 6.07) is 0. The van der Waals surface area contributed by atoms with Gasteiger partial charge in [-0.3, -0.25) is 30.1 Å². The number of likely N-dealkylation sites (N-methyl/N-ethyl adjacent to an activating group) is 1. The van der Waals surface area contributed by atoms with E-state index in [2.05, 4.69) is 16.2 Å². The van der Waals surface area contributed by atoms with Crippen LogP contribution in [0.15, 0.2) is 0 Å². The van der Waals surface area contributed by atoms with Crippen LogP contribution in [0, 0.1) is 0 Å². The molecule has 0 bridgehead atoms. The van der Waals surface area contributed by atoms with Gasteiger partial charge in [-0.1, -0.05) is 0 Å². The van der Waals surface area contributed by atoms with Crippen LogP contribution in [0.2, 0.25) is 0 Å². The number of carbonyl (C=O) groups excluding carboxylic acids is 3. The van der Waals surface area contributed by atoms with Crippen LogP contribution in [-0.4, -0.2) is 73.8 Å². The molecule has 0 aliphatic carbocycles. The van der Waals surface area contributed by atoms with E-state index in [1.165, 1.54) is 6.92 Å². The molecule has 0 aromatic heterocycles. The largest absolute Gasteiger partial charge is 0.339 e. The van der Waals surface area contributed by atoms with E-state index in [9.17, 15) is 14.4 Å². The standard InChI is InChI=1S/C11H21N5O3/c1-9(17)13-14-10(18)7-15(2)8-11(19)16-5-3-12-4-6-16/h12H,3-8H2,1-2H3,(H,13,17)(H,14,18). The van der Waals surface area contributed by atoms with Crippen molar-refractivity contribution in [3.8, 4) is 0 Å². The molecular formula is C11H21N5O3. The number of piperazine rings is 1. The summed E-state index contributed by atoms with van der Waals surface area (Å²) in [6.45, 7) is 4.55. The predicted octanol–water partition coefficient (Wildman–Crippen LogP) is -2.48. The summed E-state index contributed by atoms with van der Waals surface area (Å²) in [5, 5.41) is 3.17. The minimum absolute atomic E-state index is 0.0105. The quantitative estimate of drug-likeness (QED) is 0.492. The van der Waals surface area contributed by atoms with Crippen molar-refractivity contribution < 1.29 is 14.4 Å². The van der Waals surface area contributed by atoms with Crippen LogP contribution in [0.4, 0.5) is 0 Å². The predicted molar refractivity (Wildman–Crippen MR) is 68.9 cm³/mol. The lowest BCUT2D eigenvalue weighted by Crippen LogP contribution is -2.50. The molecule has 108 valence electrons. The molecule has 0 aromatic rings. The van der Waals surface area contributed by atoms with Gasteiger partial charge in [0.25, 0.3) is 5.91 Å². The van der Waals surface area contributed by atoms with Crippen LogP contribution in [0.5, 0.6) is 0 Å². The van der Waals surface area contributed by atoms with Gasteiger partial charge in [0.15, 0.2) is 0 Å². The number of hydrogen-bond acceptors (Lipinski definition) is 5. The Labute approximate surface area is 112 Å². The van der Waals surface area contributed by atoms with Crippen molar-refractivity contribution in [2.45, 2.75) is 6.92 Å². The summed E-state index contributed by atoms with van der Waals surface area (Å²) >= 11 is 0. The van der Waals surface area contributed by atoms with E-state index >= 15 is 0 Å². The van der Waals surface area contributed by atoms with Crippen LogP contribution in [0.3, 0.4) is 0 Å². The van der Waals surface area contributed by atoms with Crippen molar-refractivity contribution in [3.63, 3.8) is 0 Å². The highest BCUT2D eigenvalue weighted by Crippen LogP contribution is 1.95. The Morgan fingerprint density at radius 2 is 1.79 bits per heavy atom. The second-order valence-corrected chi connectivity index (χ2v) is 4.53. The number of hydrazine groups is 1. The summed E-state index contributed by atoms with van der Waals surface area (Å²) in [7, 11) is 1.69. The fourth-order valence-electron chi connectivity index (χ4n) is 1.74. The normalized spacial score (nSPS) is 15.2. The number of nitrogens with zero attached hydrogens (tertiary/aromatic N) is 2. The van der Waals surface area contributed by atoms with E-state index in [0.717, 1.165) is 13.1 Å². The van der Waals surface area contributed by atoms with Crippen molar-refractivity contribution in [2.75, 3.05) is 46.3 Å². The first-order valence-electron chi connectivity index (χ1n) is 6.21. The van der Waals surface area contributed by atoms with Crippen molar-refractivity contribution in [3.05, 3.63) is 0 Å². The molecule has 8 heteroatoms. The van der Waals surface area contributed by atoms with Crippen LogP contribution < -0.4 is 16.2 Å². The van der Waals surface area contributed by atoms with Gasteiger partial charge in [0.2, 0.25) is 11.8 Å². The van der Waals surface area contributed by atoms with E-state index in [4.69, 9.17) is 0 Å². The summed E-state index contributed by atoms with van der Waals surface area (Å²) < 4.78 is 0. The van der Waals surface area contributed by atoms with Gasteiger partial charge in [-0.15, -0.1) is 0 Å². The van der Waals surface area contributed by atoms with E-state index in [1.807, 2.05) is 0 Å². The van der Waals surface area contributed by atoms with Crippen molar-refractivity contribution in [2.24, 2.45) is 0 Å². The zero-order valence-corrected chi connectivity index (χ0v) is 11.4. The molecule has 1 heterocycles. The molecule has 0 radical (unpaired) electrons. The average Bonchev–Trinajstić information content (AvgIpc) is 2.37.